The second kappa shape index (κ2) is 12.9. The molecule has 0 radical (unpaired) electrons. The average Bonchev–Trinajstić information content (AvgIpc) is 3.72. The van der Waals surface area contributed by atoms with Gasteiger partial charge in [0.05, 0.1) is 19.6 Å². The molecule has 3 atom stereocenters. The van der Waals surface area contributed by atoms with Crippen LogP contribution in [0.3, 0.4) is 0 Å². The van der Waals surface area contributed by atoms with Crippen LogP contribution in [0.1, 0.15) is 43.2 Å². The molecule has 3 unspecified atom stereocenters. The number of rotatable bonds is 13. The summed E-state index contributed by atoms with van der Waals surface area (Å²) in [6.45, 7) is 4.30. The van der Waals surface area contributed by atoms with Gasteiger partial charge in [-0.25, -0.2) is 0 Å². The van der Waals surface area contributed by atoms with Crippen molar-refractivity contribution in [2.45, 2.75) is 44.6 Å². The Hall–Kier alpha value is -3.70. The molecule has 3 N–H and O–H groups in total. The van der Waals surface area contributed by atoms with Gasteiger partial charge in [-0.3, -0.25) is 14.5 Å². The van der Waals surface area contributed by atoms with Gasteiger partial charge in [0.25, 0.3) is 0 Å². The highest BCUT2D eigenvalue weighted by Crippen LogP contribution is 2.47. The zero-order valence-electron chi connectivity index (χ0n) is 23.7. The molecule has 222 valence electrons. The fourth-order valence-corrected chi connectivity index (χ4v) is 6.18. The van der Waals surface area contributed by atoms with Crippen molar-refractivity contribution < 1.29 is 38.4 Å². The Labute approximate surface area is 240 Å². The van der Waals surface area contributed by atoms with E-state index in [1.165, 1.54) is 0 Å². The molecule has 0 aromatic heterocycles. The maximum Gasteiger partial charge on any atom is 0.308 e. The normalized spacial score (nSPS) is 20.8. The zero-order chi connectivity index (χ0) is 28.9. The predicted octanol–water partition coefficient (Wildman–Crippen LogP) is 2.84. The molecule has 1 fully saturated rings. The highest BCUT2D eigenvalue weighted by Gasteiger charge is 2.47. The molecule has 1 amide bonds. The summed E-state index contributed by atoms with van der Waals surface area (Å²) < 4.78 is 28.0. The molecule has 1 saturated heterocycles. The first-order valence-electron chi connectivity index (χ1n) is 14.2. The largest absolute Gasteiger partial charge is 0.493 e. The first-order valence-corrected chi connectivity index (χ1v) is 14.2. The van der Waals surface area contributed by atoms with Gasteiger partial charge >= 0.3 is 5.97 Å². The van der Waals surface area contributed by atoms with Crippen LogP contribution in [0.5, 0.6) is 28.7 Å². The number of benzene rings is 2. The molecule has 3 aliphatic heterocycles. The van der Waals surface area contributed by atoms with E-state index >= 15 is 0 Å². The molecule has 0 saturated carbocycles. The van der Waals surface area contributed by atoms with E-state index in [0.29, 0.717) is 67.8 Å². The zero-order valence-corrected chi connectivity index (χ0v) is 23.7. The minimum atomic E-state index is -0.908. The molecule has 3 aliphatic rings. The van der Waals surface area contributed by atoms with E-state index in [1.807, 2.05) is 35.2 Å². The fourth-order valence-electron chi connectivity index (χ4n) is 6.18. The van der Waals surface area contributed by atoms with Gasteiger partial charge in [-0.05, 0) is 48.6 Å². The number of methoxy groups -OCH3 is 1. The maximum atomic E-state index is 13.5. The number of likely N-dealkylation sites (tertiary alicyclic amines) is 1. The van der Waals surface area contributed by atoms with Crippen LogP contribution < -0.4 is 29.4 Å². The number of aliphatic carboxylic acids is 1. The Kier molecular flexibility index (Phi) is 9.04. The molecular formula is C30H39N3O8. The van der Waals surface area contributed by atoms with Gasteiger partial charge in [0.1, 0.15) is 0 Å². The van der Waals surface area contributed by atoms with Gasteiger partial charge in [0.15, 0.2) is 23.0 Å². The second-order valence-corrected chi connectivity index (χ2v) is 10.6. The molecule has 11 heteroatoms. The SMILES string of the molecule is CCCCN(CCN)C(=O)CN1CC(c2cc(OC)c3c(c2)OCO3)C(C(=O)O)C1CCc1cccc2c1OCO2. The Morgan fingerprint density at radius 3 is 2.61 bits per heavy atom. The lowest BCUT2D eigenvalue weighted by Crippen LogP contribution is -2.45. The molecule has 0 aliphatic carbocycles. The number of fused-ring (bicyclic) bond motifs is 2. The van der Waals surface area contributed by atoms with E-state index in [2.05, 4.69) is 6.92 Å². The molecule has 2 aromatic rings. The molecule has 11 nitrogen and oxygen atoms in total. The third-order valence-corrected chi connectivity index (χ3v) is 8.20. The van der Waals surface area contributed by atoms with Crippen LogP contribution in [0.15, 0.2) is 30.3 Å². The Balaban J connectivity index is 1.45. The summed E-state index contributed by atoms with van der Waals surface area (Å²) in [5.74, 6) is 0.817. The number of nitrogens with zero attached hydrogens (tertiary/aromatic N) is 2. The standard InChI is InChI=1S/C30H39N3O8/c1-3-4-11-32(12-10-31)26(34)16-33-15-21(20-13-24(37-2)29-25(14-20)39-18-41-29)27(30(35)36)22(33)9-8-19-6-5-7-23-28(19)40-17-38-23/h5-7,13-14,21-22,27H,3-4,8-12,15-18,31H2,1-2H3,(H,35,36). The summed E-state index contributed by atoms with van der Waals surface area (Å²) in [5.41, 5.74) is 7.55. The van der Waals surface area contributed by atoms with Crippen molar-refractivity contribution in [1.82, 2.24) is 9.80 Å². The van der Waals surface area contributed by atoms with Crippen molar-refractivity contribution in [3.05, 3.63) is 41.5 Å². The number of amides is 1. The first kappa shape index (κ1) is 28.8. The van der Waals surface area contributed by atoms with Crippen molar-refractivity contribution in [2.24, 2.45) is 11.7 Å². The summed E-state index contributed by atoms with van der Waals surface area (Å²) >= 11 is 0. The Morgan fingerprint density at radius 1 is 1.10 bits per heavy atom. The van der Waals surface area contributed by atoms with Crippen LogP contribution in [0, 0.1) is 5.92 Å². The highest BCUT2D eigenvalue weighted by molar-refractivity contribution is 5.79. The Morgan fingerprint density at radius 2 is 1.88 bits per heavy atom. The van der Waals surface area contributed by atoms with E-state index in [9.17, 15) is 14.7 Å². The summed E-state index contributed by atoms with van der Waals surface area (Å²) in [6.07, 6.45) is 2.94. The highest BCUT2D eigenvalue weighted by atomic mass is 16.7. The van der Waals surface area contributed by atoms with Crippen molar-refractivity contribution in [2.75, 3.05) is 53.4 Å². The van der Waals surface area contributed by atoms with Crippen molar-refractivity contribution in [3.63, 3.8) is 0 Å². The van der Waals surface area contributed by atoms with E-state index < -0.39 is 23.8 Å². The fraction of sp³-hybridized carbons (Fsp3) is 0.533. The number of carbonyl (C=O) groups is 2. The number of ether oxygens (including phenoxy) is 5. The van der Waals surface area contributed by atoms with E-state index in [-0.39, 0.29) is 26.0 Å². The summed E-state index contributed by atoms with van der Waals surface area (Å²) in [7, 11) is 1.55. The van der Waals surface area contributed by atoms with Gasteiger partial charge in [-0.15, -0.1) is 0 Å². The predicted molar refractivity (Wildman–Crippen MR) is 150 cm³/mol. The van der Waals surface area contributed by atoms with Crippen LogP contribution in [0.4, 0.5) is 0 Å². The number of carbonyl (C=O) groups excluding carboxylic acids is 1. The van der Waals surface area contributed by atoms with Crippen LogP contribution in [0.2, 0.25) is 0 Å². The van der Waals surface area contributed by atoms with Gasteiger partial charge < -0.3 is 39.4 Å². The number of hydrogen-bond acceptors (Lipinski definition) is 9. The Bertz CT molecular complexity index is 1250. The monoisotopic (exact) mass is 569 g/mol. The van der Waals surface area contributed by atoms with Gasteiger partial charge in [-0.1, -0.05) is 25.5 Å². The third kappa shape index (κ3) is 6.01. The van der Waals surface area contributed by atoms with Crippen molar-refractivity contribution in [1.29, 1.82) is 0 Å². The number of para-hydroxylation sites is 1. The minimum Gasteiger partial charge on any atom is -0.493 e. The molecule has 2 aromatic carbocycles. The molecule has 5 rings (SSSR count). The van der Waals surface area contributed by atoms with Crippen molar-refractivity contribution >= 4 is 11.9 Å². The molecule has 0 spiro atoms. The van der Waals surface area contributed by atoms with Gasteiger partial charge in [0, 0.05) is 38.1 Å². The first-order chi connectivity index (χ1) is 19.9. The number of carboxylic acids is 1. The third-order valence-electron chi connectivity index (χ3n) is 8.20. The van der Waals surface area contributed by atoms with E-state index in [4.69, 9.17) is 29.4 Å². The molecule has 3 heterocycles. The van der Waals surface area contributed by atoms with Crippen LogP contribution in [-0.4, -0.2) is 86.2 Å². The number of carboxylic acid groups (broad SMARTS) is 1. The second-order valence-electron chi connectivity index (χ2n) is 10.6. The van der Waals surface area contributed by atoms with Crippen LogP contribution in [0.25, 0.3) is 0 Å². The number of hydrogen-bond donors (Lipinski definition) is 2. The van der Waals surface area contributed by atoms with Gasteiger partial charge in [0.2, 0.25) is 25.2 Å². The minimum absolute atomic E-state index is 0.0423. The lowest BCUT2D eigenvalue weighted by molar-refractivity contribution is -0.143. The van der Waals surface area contributed by atoms with E-state index in [1.54, 1.807) is 12.0 Å². The summed E-state index contributed by atoms with van der Waals surface area (Å²) in [5, 5.41) is 10.6. The molecule has 41 heavy (non-hydrogen) atoms. The van der Waals surface area contributed by atoms with Crippen LogP contribution >= 0.6 is 0 Å². The quantitative estimate of drug-likeness (QED) is 0.371. The van der Waals surface area contributed by atoms with Crippen LogP contribution in [-0.2, 0) is 16.0 Å². The lowest BCUT2D eigenvalue weighted by Gasteiger charge is -2.29. The number of aryl methyl sites for hydroxylation is 1. The topological polar surface area (TPSA) is 133 Å². The number of unbranched alkanes of at least 4 members (excludes halogenated alkanes) is 1. The number of nitrogens with two attached hydrogens (primary N) is 1. The lowest BCUT2D eigenvalue weighted by atomic mass is 9.83. The van der Waals surface area contributed by atoms with E-state index in [0.717, 1.165) is 24.0 Å². The summed E-state index contributed by atoms with van der Waals surface area (Å²) in [4.78, 5) is 30.3. The summed E-state index contributed by atoms with van der Waals surface area (Å²) in [6, 6.07) is 9.01. The smallest absolute Gasteiger partial charge is 0.308 e. The molecule has 0 bridgehead atoms. The maximum absolute atomic E-state index is 13.5. The van der Waals surface area contributed by atoms with Gasteiger partial charge in [-0.2, -0.15) is 0 Å². The average molecular weight is 570 g/mol. The molecular weight excluding hydrogens is 530 g/mol. The van der Waals surface area contributed by atoms with Crippen molar-refractivity contribution in [3.8, 4) is 28.7 Å².